The summed E-state index contributed by atoms with van der Waals surface area (Å²) in [6.07, 6.45) is 1.28. The van der Waals surface area contributed by atoms with E-state index in [4.69, 9.17) is 4.99 Å². The summed E-state index contributed by atoms with van der Waals surface area (Å²) < 4.78 is 0.874. The Morgan fingerprint density at radius 1 is 0.765 bits per heavy atom. The summed E-state index contributed by atoms with van der Waals surface area (Å²) in [5, 5.41) is 34.9. The number of aliphatic imine (C=N–C) groups is 1. The van der Waals surface area contributed by atoms with Crippen LogP contribution >= 0.6 is 15.9 Å². The molecule has 1 aliphatic rings. The number of hydrogen-bond acceptors (Lipinski definition) is 7. The van der Waals surface area contributed by atoms with Gasteiger partial charge in [0.25, 0.3) is 17.1 Å². The molecule has 0 bridgehead atoms. The molecule has 34 heavy (non-hydrogen) atoms. The van der Waals surface area contributed by atoms with Crippen molar-refractivity contribution in [2.45, 2.75) is 26.7 Å². The number of aryl methyl sites for hydroxylation is 2. The normalized spacial score (nSPS) is 13.0. The highest BCUT2D eigenvalue weighted by atomic mass is 79.9. The largest absolute Gasteiger partial charge is 0.284 e. The Morgan fingerprint density at radius 3 is 1.88 bits per heavy atom. The Bertz CT molecular complexity index is 1410. The maximum absolute atomic E-state index is 11.9. The molecule has 0 spiro atoms. The van der Waals surface area contributed by atoms with Crippen molar-refractivity contribution in [3.63, 3.8) is 0 Å². The van der Waals surface area contributed by atoms with Gasteiger partial charge in [-0.3, -0.25) is 30.3 Å². The quantitative estimate of drug-likeness (QED) is 0.209. The second kappa shape index (κ2) is 8.75. The maximum Gasteiger partial charge on any atom is 0.284 e. The van der Waals surface area contributed by atoms with Crippen LogP contribution in [0.1, 0.15) is 36.1 Å². The first-order valence-corrected chi connectivity index (χ1v) is 11.1. The zero-order chi connectivity index (χ0) is 24.7. The van der Waals surface area contributed by atoms with E-state index in [2.05, 4.69) is 15.9 Å². The number of hydrogen-bond donors (Lipinski definition) is 0. The van der Waals surface area contributed by atoms with Crippen molar-refractivity contribution in [3.05, 3.63) is 99.5 Å². The van der Waals surface area contributed by atoms with E-state index in [-0.39, 0.29) is 22.5 Å². The van der Waals surface area contributed by atoms with Gasteiger partial charge in [0, 0.05) is 33.8 Å². The van der Waals surface area contributed by atoms with Crippen molar-refractivity contribution in [1.82, 2.24) is 0 Å². The highest BCUT2D eigenvalue weighted by Gasteiger charge is 2.36. The lowest BCUT2D eigenvalue weighted by molar-refractivity contribution is -0.393. The minimum Gasteiger partial charge on any atom is -0.258 e. The summed E-state index contributed by atoms with van der Waals surface area (Å²) >= 11 is 3.50. The summed E-state index contributed by atoms with van der Waals surface area (Å²) in [5.74, 6) is 0. The highest BCUT2D eigenvalue weighted by Crippen LogP contribution is 2.47. The lowest BCUT2D eigenvalue weighted by Crippen LogP contribution is -2.03. The van der Waals surface area contributed by atoms with E-state index in [1.54, 1.807) is 0 Å². The van der Waals surface area contributed by atoms with E-state index in [9.17, 15) is 30.3 Å². The number of rotatable bonds is 6. The maximum atomic E-state index is 11.9. The molecule has 11 heteroatoms. The van der Waals surface area contributed by atoms with Crippen LogP contribution in [0.3, 0.4) is 0 Å². The predicted molar refractivity (Wildman–Crippen MR) is 130 cm³/mol. The van der Waals surface area contributed by atoms with E-state index >= 15 is 0 Å². The van der Waals surface area contributed by atoms with Crippen LogP contribution in [-0.4, -0.2) is 20.5 Å². The van der Waals surface area contributed by atoms with Gasteiger partial charge in [0.2, 0.25) is 0 Å². The van der Waals surface area contributed by atoms with Gasteiger partial charge in [-0.2, -0.15) is 0 Å². The highest BCUT2D eigenvalue weighted by molar-refractivity contribution is 9.10. The Hall–Kier alpha value is -3.99. The molecule has 0 saturated heterocycles. The molecule has 172 valence electrons. The standard InChI is InChI=1S/C23H17BrN4O6/c1-3-12-7-14(24)8-13(4-2)22(12)25-23-18-9-15(26(29)30)5-6-17(18)21-19(23)10-16(27(31)32)11-20(21)28(33)34/h5-11H,3-4H2,1-2H3. The van der Waals surface area contributed by atoms with Crippen LogP contribution in [-0.2, 0) is 12.8 Å². The Kier molecular flexibility index (Phi) is 5.96. The van der Waals surface area contributed by atoms with Gasteiger partial charge in [-0.15, -0.1) is 0 Å². The summed E-state index contributed by atoms with van der Waals surface area (Å²) in [7, 11) is 0. The summed E-state index contributed by atoms with van der Waals surface area (Å²) in [5.41, 5.74) is 2.60. The molecule has 0 atom stereocenters. The molecule has 10 nitrogen and oxygen atoms in total. The lowest BCUT2D eigenvalue weighted by atomic mass is 10.0. The molecule has 4 rings (SSSR count). The fourth-order valence-corrected chi connectivity index (χ4v) is 4.72. The molecule has 0 N–H and O–H groups in total. The van der Waals surface area contributed by atoms with Gasteiger partial charge in [0.1, 0.15) is 0 Å². The van der Waals surface area contributed by atoms with Gasteiger partial charge in [-0.1, -0.05) is 29.8 Å². The van der Waals surface area contributed by atoms with E-state index in [1.807, 2.05) is 26.0 Å². The number of nitrogens with zero attached hydrogens (tertiary/aromatic N) is 4. The van der Waals surface area contributed by atoms with Crippen LogP contribution in [0, 0.1) is 30.3 Å². The Morgan fingerprint density at radius 2 is 1.35 bits per heavy atom. The predicted octanol–water partition coefficient (Wildman–Crippen LogP) is 6.45. The summed E-state index contributed by atoms with van der Waals surface area (Å²) in [6.45, 7) is 3.92. The molecule has 0 aromatic heterocycles. The van der Waals surface area contributed by atoms with Gasteiger partial charge in [-0.25, -0.2) is 4.99 Å². The summed E-state index contributed by atoms with van der Waals surface area (Å²) in [6, 6.07) is 9.96. The molecule has 0 radical (unpaired) electrons. The minimum atomic E-state index is -0.703. The number of benzene rings is 3. The third kappa shape index (κ3) is 3.83. The SMILES string of the molecule is CCc1cc(Br)cc(CC)c1N=C1c2cc([N+](=O)[O-])ccc2-c2c1cc([N+](=O)[O-])cc2[N+](=O)[O-]. The molecule has 0 fully saturated rings. The van der Waals surface area contributed by atoms with Crippen LogP contribution in [0.2, 0.25) is 0 Å². The average Bonchev–Trinajstić information content (AvgIpc) is 3.11. The molecule has 0 amide bonds. The number of nitro groups is 3. The van der Waals surface area contributed by atoms with Gasteiger partial charge in [-0.05, 0) is 47.7 Å². The molecule has 3 aromatic carbocycles. The van der Waals surface area contributed by atoms with E-state index in [1.165, 1.54) is 24.3 Å². The zero-order valence-electron chi connectivity index (χ0n) is 18.1. The monoisotopic (exact) mass is 524 g/mol. The number of nitro benzene ring substituents is 3. The van der Waals surface area contributed by atoms with Gasteiger partial charge in [0.05, 0.1) is 37.8 Å². The molecule has 0 aliphatic heterocycles. The lowest BCUT2D eigenvalue weighted by Gasteiger charge is -2.12. The van der Waals surface area contributed by atoms with Gasteiger partial charge >= 0.3 is 0 Å². The van der Waals surface area contributed by atoms with Crippen LogP contribution in [0.25, 0.3) is 11.1 Å². The second-order valence-corrected chi connectivity index (χ2v) is 8.54. The first-order chi connectivity index (χ1) is 16.2. The number of halogens is 1. The number of non-ortho nitro benzene ring substituents is 2. The van der Waals surface area contributed by atoms with Crippen LogP contribution < -0.4 is 0 Å². The van der Waals surface area contributed by atoms with Crippen molar-refractivity contribution < 1.29 is 14.8 Å². The van der Waals surface area contributed by atoms with E-state index in [0.717, 1.165) is 21.7 Å². The summed E-state index contributed by atoms with van der Waals surface area (Å²) in [4.78, 5) is 37.8. The smallest absolute Gasteiger partial charge is 0.258 e. The van der Waals surface area contributed by atoms with Gasteiger partial charge < -0.3 is 0 Å². The van der Waals surface area contributed by atoms with Crippen molar-refractivity contribution in [2.24, 2.45) is 4.99 Å². The van der Waals surface area contributed by atoms with Crippen molar-refractivity contribution >= 4 is 44.4 Å². The van der Waals surface area contributed by atoms with E-state index < -0.39 is 26.1 Å². The second-order valence-electron chi connectivity index (χ2n) is 7.63. The van der Waals surface area contributed by atoms with Crippen molar-refractivity contribution in [2.75, 3.05) is 0 Å². The molecular formula is C23H17BrN4O6. The molecule has 0 unspecified atom stereocenters. The fourth-order valence-electron chi connectivity index (χ4n) is 4.17. The third-order valence-electron chi connectivity index (χ3n) is 5.72. The molecule has 3 aromatic rings. The zero-order valence-corrected chi connectivity index (χ0v) is 19.7. The third-order valence-corrected chi connectivity index (χ3v) is 6.18. The van der Waals surface area contributed by atoms with Crippen molar-refractivity contribution in [1.29, 1.82) is 0 Å². The minimum absolute atomic E-state index is 0.160. The van der Waals surface area contributed by atoms with Crippen LogP contribution in [0.5, 0.6) is 0 Å². The van der Waals surface area contributed by atoms with Gasteiger partial charge in [0.15, 0.2) is 0 Å². The first-order valence-electron chi connectivity index (χ1n) is 10.3. The van der Waals surface area contributed by atoms with Crippen LogP contribution in [0.4, 0.5) is 22.7 Å². The Labute approximate surface area is 201 Å². The topological polar surface area (TPSA) is 142 Å². The van der Waals surface area contributed by atoms with Crippen LogP contribution in [0.15, 0.2) is 51.9 Å². The number of fused-ring (bicyclic) bond motifs is 3. The average molecular weight is 525 g/mol. The van der Waals surface area contributed by atoms with Crippen molar-refractivity contribution in [3.8, 4) is 11.1 Å². The first kappa shape index (κ1) is 23.2. The molecule has 1 aliphatic carbocycles. The van der Waals surface area contributed by atoms with E-state index in [0.29, 0.717) is 29.7 Å². The fraction of sp³-hybridized carbons (Fsp3) is 0.174. The molecule has 0 heterocycles. The molecular weight excluding hydrogens is 508 g/mol. The Balaban J connectivity index is 2.14. The molecule has 0 saturated carbocycles.